The Balaban J connectivity index is 2.06. The third-order valence-corrected chi connectivity index (χ3v) is 3.83. The molecule has 0 saturated heterocycles. The van der Waals surface area contributed by atoms with Crippen LogP contribution in [-0.4, -0.2) is 9.97 Å². The number of aryl methyl sites for hydroxylation is 2. The third-order valence-electron chi connectivity index (χ3n) is 2.61. The van der Waals surface area contributed by atoms with Gasteiger partial charge in [0.15, 0.2) is 5.82 Å². The van der Waals surface area contributed by atoms with Gasteiger partial charge in [0.2, 0.25) is 0 Å². The molecule has 1 aliphatic carbocycles. The van der Waals surface area contributed by atoms with Crippen molar-refractivity contribution in [3.8, 4) is 10.7 Å². The molecule has 0 atom stereocenters. The summed E-state index contributed by atoms with van der Waals surface area (Å²) in [6.07, 6.45) is 5.38. The lowest BCUT2D eigenvalue weighted by atomic mass is 10.3. The van der Waals surface area contributed by atoms with E-state index in [9.17, 15) is 0 Å². The number of fused-ring (bicyclic) bond motifs is 1. The summed E-state index contributed by atoms with van der Waals surface area (Å²) >= 11 is 7.42. The molecule has 76 valence electrons. The van der Waals surface area contributed by atoms with E-state index in [-0.39, 0.29) is 0 Å². The number of hydrogen-bond donors (Lipinski definition) is 0. The molecule has 0 spiro atoms. The molecule has 0 unspecified atom stereocenters. The van der Waals surface area contributed by atoms with E-state index in [0.29, 0.717) is 0 Å². The summed E-state index contributed by atoms with van der Waals surface area (Å²) in [5, 5.41) is 0. The van der Waals surface area contributed by atoms with E-state index in [1.54, 1.807) is 0 Å². The van der Waals surface area contributed by atoms with Crippen molar-refractivity contribution >= 4 is 22.9 Å². The average Bonchev–Trinajstić information content (AvgIpc) is 2.84. The lowest BCUT2D eigenvalue weighted by Crippen LogP contribution is -1.93. The lowest BCUT2D eigenvalue weighted by molar-refractivity contribution is 0.900. The summed E-state index contributed by atoms with van der Waals surface area (Å²) in [5.74, 6) is 0.813. The molecule has 4 heteroatoms. The Kier molecular flexibility index (Phi) is 2.22. The van der Waals surface area contributed by atoms with Crippen molar-refractivity contribution in [3.05, 3.63) is 33.9 Å². The summed E-state index contributed by atoms with van der Waals surface area (Å²) in [7, 11) is 0. The van der Waals surface area contributed by atoms with Gasteiger partial charge in [0.1, 0.15) is 0 Å². The quantitative estimate of drug-likeness (QED) is 0.759. The number of aromatic nitrogens is 2. The van der Waals surface area contributed by atoms with Crippen LogP contribution in [-0.2, 0) is 12.8 Å². The average molecular weight is 237 g/mol. The maximum absolute atomic E-state index is 5.89. The van der Waals surface area contributed by atoms with Crippen molar-refractivity contribution < 1.29 is 0 Å². The second kappa shape index (κ2) is 3.58. The molecule has 15 heavy (non-hydrogen) atoms. The van der Waals surface area contributed by atoms with Crippen molar-refractivity contribution in [3.63, 3.8) is 0 Å². The summed E-state index contributed by atoms with van der Waals surface area (Å²) in [4.78, 5) is 10.0. The fourth-order valence-electron chi connectivity index (χ4n) is 1.87. The highest BCUT2D eigenvalue weighted by molar-refractivity contribution is 7.19. The molecule has 0 bridgehead atoms. The second-order valence-electron chi connectivity index (χ2n) is 3.62. The standard InChI is InChI=1S/C11H9ClN2S/c12-10-5-4-9(15-10)11-13-6-7-2-1-3-8(7)14-11/h4-6H,1-3H2. The summed E-state index contributed by atoms with van der Waals surface area (Å²) in [5.41, 5.74) is 2.52. The van der Waals surface area contributed by atoms with Gasteiger partial charge in [0.05, 0.1) is 9.21 Å². The number of rotatable bonds is 1. The first-order valence-corrected chi connectivity index (χ1v) is 6.13. The molecule has 0 saturated carbocycles. The Morgan fingerprint density at radius 2 is 2.20 bits per heavy atom. The summed E-state index contributed by atoms with van der Waals surface area (Å²) in [6, 6.07) is 3.86. The third kappa shape index (κ3) is 1.66. The normalized spacial score (nSPS) is 14.2. The maximum atomic E-state index is 5.89. The number of halogens is 1. The monoisotopic (exact) mass is 236 g/mol. The minimum absolute atomic E-state index is 0.786. The topological polar surface area (TPSA) is 25.8 Å². The maximum Gasteiger partial charge on any atom is 0.169 e. The minimum Gasteiger partial charge on any atom is -0.236 e. The van der Waals surface area contributed by atoms with Crippen LogP contribution in [0.15, 0.2) is 18.3 Å². The zero-order valence-corrected chi connectivity index (χ0v) is 9.61. The first-order chi connectivity index (χ1) is 7.33. The highest BCUT2D eigenvalue weighted by Crippen LogP contribution is 2.30. The summed E-state index contributed by atoms with van der Waals surface area (Å²) in [6.45, 7) is 0. The Labute approximate surface area is 97.0 Å². The highest BCUT2D eigenvalue weighted by atomic mass is 35.5. The van der Waals surface area contributed by atoms with Crippen LogP contribution in [0.3, 0.4) is 0 Å². The van der Waals surface area contributed by atoms with Crippen LogP contribution in [0, 0.1) is 0 Å². The molecule has 0 fully saturated rings. The van der Waals surface area contributed by atoms with Crippen LogP contribution in [0.25, 0.3) is 10.7 Å². The second-order valence-corrected chi connectivity index (χ2v) is 5.34. The molecule has 2 aromatic rings. The van der Waals surface area contributed by atoms with Gasteiger partial charge in [-0.15, -0.1) is 11.3 Å². The van der Waals surface area contributed by atoms with Gasteiger partial charge in [-0.25, -0.2) is 9.97 Å². The van der Waals surface area contributed by atoms with E-state index in [4.69, 9.17) is 11.6 Å². The first kappa shape index (κ1) is 9.31. The Morgan fingerprint density at radius 1 is 1.27 bits per heavy atom. The number of hydrogen-bond acceptors (Lipinski definition) is 3. The van der Waals surface area contributed by atoms with Crippen LogP contribution in [0.2, 0.25) is 4.34 Å². The van der Waals surface area contributed by atoms with Gasteiger partial charge in [-0.1, -0.05) is 11.6 Å². The zero-order valence-electron chi connectivity index (χ0n) is 8.03. The summed E-state index contributed by atoms with van der Waals surface area (Å²) < 4.78 is 0.786. The van der Waals surface area contributed by atoms with Gasteiger partial charge in [-0.3, -0.25) is 0 Å². The van der Waals surface area contributed by atoms with Crippen molar-refractivity contribution in [1.29, 1.82) is 0 Å². The molecule has 2 aromatic heterocycles. The van der Waals surface area contributed by atoms with Crippen LogP contribution >= 0.6 is 22.9 Å². The number of thiophene rings is 1. The van der Waals surface area contributed by atoms with E-state index in [2.05, 4.69) is 9.97 Å². The molecule has 1 aliphatic rings. The fraction of sp³-hybridized carbons (Fsp3) is 0.273. The van der Waals surface area contributed by atoms with Gasteiger partial charge >= 0.3 is 0 Å². The Morgan fingerprint density at radius 3 is 3.00 bits per heavy atom. The van der Waals surface area contributed by atoms with Gasteiger partial charge in [-0.05, 0) is 37.0 Å². The molecule has 0 amide bonds. The Bertz CT molecular complexity index is 507. The lowest BCUT2D eigenvalue weighted by Gasteiger charge is -2.00. The van der Waals surface area contributed by atoms with Crippen molar-refractivity contribution in [2.24, 2.45) is 0 Å². The molecule has 2 heterocycles. The molecule has 0 radical (unpaired) electrons. The molecule has 3 rings (SSSR count). The molecule has 0 aliphatic heterocycles. The predicted octanol–water partition coefficient (Wildman–Crippen LogP) is 3.35. The van der Waals surface area contributed by atoms with Gasteiger partial charge < -0.3 is 0 Å². The zero-order chi connectivity index (χ0) is 10.3. The van der Waals surface area contributed by atoms with Crippen LogP contribution in [0.4, 0.5) is 0 Å². The smallest absolute Gasteiger partial charge is 0.169 e. The fourth-order valence-corrected chi connectivity index (χ4v) is 2.85. The minimum atomic E-state index is 0.786. The molecule has 0 aromatic carbocycles. The van der Waals surface area contributed by atoms with Gasteiger partial charge in [0.25, 0.3) is 0 Å². The molecule has 2 nitrogen and oxygen atoms in total. The van der Waals surface area contributed by atoms with E-state index < -0.39 is 0 Å². The molecule has 0 N–H and O–H groups in total. The predicted molar refractivity (Wildman–Crippen MR) is 62.4 cm³/mol. The van der Waals surface area contributed by atoms with E-state index in [0.717, 1.165) is 27.9 Å². The van der Waals surface area contributed by atoms with E-state index in [1.165, 1.54) is 29.0 Å². The molecular formula is C11H9ClN2S. The molecular weight excluding hydrogens is 228 g/mol. The van der Waals surface area contributed by atoms with E-state index >= 15 is 0 Å². The van der Waals surface area contributed by atoms with Crippen molar-refractivity contribution in [2.45, 2.75) is 19.3 Å². The SMILES string of the molecule is Clc1ccc(-c2ncc3c(n2)CCC3)s1. The highest BCUT2D eigenvalue weighted by Gasteiger charge is 2.14. The van der Waals surface area contributed by atoms with Gasteiger partial charge in [0, 0.05) is 11.9 Å². The van der Waals surface area contributed by atoms with Gasteiger partial charge in [-0.2, -0.15) is 0 Å². The largest absolute Gasteiger partial charge is 0.236 e. The number of nitrogens with zero attached hydrogens (tertiary/aromatic N) is 2. The van der Waals surface area contributed by atoms with Crippen LogP contribution in [0.1, 0.15) is 17.7 Å². The van der Waals surface area contributed by atoms with Crippen LogP contribution in [0.5, 0.6) is 0 Å². The van der Waals surface area contributed by atoms with E-state index in [1.807, 2.05) is 18.3 Å². The van der Waals surface area contributed by atoms with Crippen molar-refractivity contribution in [2.75, 3.05) is 0 Å². The van der Waals surface area contributed by atoms with Crippen LogP contribution < -0.4 is 0 Å². The van der Waals surface area contributed by atoms with Crippen molar-refractivity contribution in [1.82, 2.24) is 9.97 Å². The Hall–Kier alpha value is -0.930. The first-order valence-electron chi connectivity index (χ1n) is 4.93.